The molecule has 2 saturated carbocycles. The number of fused-ring (bicyclic) bond motifs is 1. The van der Waals surface area contributed by atoms with Gasteiger partial charge in [0.1, 0.15) is 0 Å². The molecule has 2 heteroatoms. The smallest absolute Gasteiger partial charge is 0.155 e. The zero-order valence-electron chi connectivity index (χ0n) is 16.0. The number of ketones is 1. The van der Waals surface area contributed by atoms with E-state index in [0.29, 0.717) is 22.0 Å². The van der Waals surface area contributed by atoms with Crippen LogP contribution in [0.2, 0.25) is 0 Å². The Bertz CT molecular complexity index is 501. The van der Waals surface area contributed by atoms with E-state index >= 15 is 0 Å². The third-order valence-electron chi connectivity index (χ3n) is 7.72. The van der Waals surface area contributed by atoms with Crippen molar-refractivity contribution in [2.45, 2.75) is 92.7 Å². The Morgan fingerprint density at radius 3 is 1.86 bits per heavy atom. The van der Waals surface area contributed by atoms with Crippen molar-refractivity contribution in [1.82, 2.24) is 4.90 Å². The summed E-state index contributed by atoms with van der Waals surface area (Å²) in [7, 11) is 0. The Kier molecular flexibility index (Phi) is 3.13. The number of hydrogen-bond donors (Lipinski definition) is 0. The van der Waals surface area contributed by atoms with Crippen LogP contribution in [0.15, 0.2) is 0 Å². The highest BCUT2D eigenvalue weighted by atomic mass is 16.1. The summed E-state index contributed by atoms with van der Waals surface area (Å²) in [5.74, 6) is 0.441. The van der Waals surface area contributed by atoms with E-state index in [1.54, 1.807) is 0 Å². The van der Waals surface area contributed by atoms with E-state index < -0.39 is 0 Å². The van der Waals surface area contributed by atoms with Gasteiger partial charge in [0.15, 0.2) is 5.78 Å². The number of Topliss-reactive ketones (excluding diaryl/α,β-unsaturated/α-hetero) is 1. The molecule has 2 spiro atoms. The van der Waals surface area contributed by atoms with Crippen LogP contribution >= 0.6 is 0 Å². The van der Waals surface area contributed by atoms with Gasteiger partial charge >= 0.3 is 0 Å². The van der Waals surface area contributed by atoms with Crippen LogP contribution < -0.4 is 0 Å². The van der Waals surface area contributed by atoms with Gasteiger partial charge in [-0.15, -0.1) is 0 Å². The summed E-state index contributed by atoms with van der Waals surface area (Å²) in [6, 6.07) is 0.110. The fraction of sp³-hybridized carbons (Fsp3) is 0.950. The third kappa shape index (κ3) is 1.74. The van der Waals surface area contributed by atoms with E-state index in [9.17, 15) is 4.79 Å². The number of hydrogen-bond acceptors (Lipinski definition) is 2. The standard InChI is InChI=1S/C20H35NO/c1-16(2,3)15(22)14-12-20(13-21(14)17(4,5)6)18(7,8)19(20)10-9-11-19/h14H,9-13H2,1-8H3/t14-,20-/m0/s1. The fourth-order valence-electron chi connectivity index (χ4n) is 6.04. The molecule has 1 heterocycles. The van der Waals surface area contributed by atoms with Crippen molar-refractivity contribution in [2.24, 2.45) is 21.7 Å². The Morgan fingerprint density at radius 1 is 1.00 bits per heavy atom. The van der Waals surface area contributed by atoms with Crippen LogP contribution in [0.1, 0.15) is 81.1 Å². The third-order valence-corrected chi connectivity index (χ3v) is 7.72. The summed E-state index contributed by atoms with van der Waals surface area (Å²) < 4.78 is 0. The van der Waals surface area contributed by atoms with Gasteiger partial charge in [0, 0.05) is 17.5 Å². The van der Waals surface area contributed by atoms with E-state index in [-0.39, 0.29) is 17.0 Å². The summed E-state index contributed by atoms with van der Waals surface area (Å²) in [6.07, 6.45) is 5.24. The molecule has 3 aliphatic rings. The maximum atomic E-state index is 13.1. The molecule has 0 amide bonds. The number of nitrogens with zero attached hydrogens (tertiary/aromatic N) is 1. The lowest BCUT2D eigenvalue weighted by molar-refractivity contribution is -0.132. The number of carbonyl (C=O) groups excluding carboxylic acids is 1. The van der Waals surface area contributed by atoms with E-state index in [2.05, 4.69) is 60.3 Å². The minimum Gasteiger partial charge on any atom is -0.297 e. The maximum absolute atomic E-state index is 13.1. The first-order valence-corrected chi connectivity index (χ1v) is 9.11. The van der Waals surface area contributed by atoms with Crippen LogP contribution in [0.3, 0.4) is 0 Å². The highest BCUT2D eigenvalue weighted by Gasteiger charge is 2.85. The van der Waals surface area contributed by atoms with Gasteiger partial charge in [-0.3, -0.25) is 9.69 Å². The molecule has 0 aromatic carbocycles. The number of likely N-dealkylation sites (tertiary alicyclic amines) is 1. The monoisotopic (exact) mass is 305 g/mol. The summed E-state index contributed by atoms with van der Waals surface area (Å²) in [6.45, 7) is 19.1. The molecule has 0 radical (unpaired) electrons. The van der Waals surface area contributed by atoms with Gasteiger partial charge < -0.3 is 0 Å². The Balaban J connectivity index is 1.96. The van der Waals surface area contributed by atoms with Crippen molar-refractivity contribution in [1.29, 1.82) is 0 Å². The van der Waals surface area contributed by atoms with Gasteiger partial charge in [0.25, 0.3) is 0 Å². The van der Waals surface area contributed by atoms with Crippen molar-refractivity contribution in [3.8, 4) is 0 Å². The zero-order valence-corrected chi connectivity index (χ0v) is 16.0. The fourth-order valence-corrected chi connectivity index (χ4v) is 6.04. The van der Waals surface area contributed by atoms with Crippen LogP contribution in [0, 0.1) is 21.7 Å². The SMILES string of the molecule is CC(C)(C)C(=O)[C@@H]1C[C@]2(CN1C(C)(C)C)C(C)(C)C21CCC1. The van der Waals surface area contributed by atoms with Gasteiger partial charge in [-0.05, 0) is 56.3 Å². The van der Waals surface area contributed by atoms with E-state index in [1.165, 1.54) is 19.3 Å². The Hall–Kier alpha value is -0.370. The molecule has 0 aromatic rings. The molecule has 0 bridgehead atoms. The predicted molar refractivity (Wildman–Crippen MR) is 91.8 cm³/mol. The van der Waals surface area contributed by atoms with Crippen LogP contribution in [0.4, 0.5) is 0 Å². The summed E-state index contributed by atoms with van der Waals surface area (Å²) in [4.78, 5) is 15.7. The van der Waals surface area contributed by atoms with Crippen LogP contribution in [-0.2, 0) is 4.79 Å². The highest BCUT2D eigenvalue weighted by molar-refractivity contribution is 5.89. The molecule has 2 aliphatic carbocycles. The molecule has 1 saturated heterocycles. The minimum absolute atomic E-state index is 0.0681. The average molecular weight is 306 g/mol. The number of rotatable bonds is 1. The van der Waals surface area contributed by atoms with Crippen LogP contribution in [0.25, 0.3) is 0 Å². The van der Waals surface area contributed by atoms with Crippen molar-refractivity contribution < 1.29 is 4.79 Å². The van der Waals surface area contributed by atoms with Gasteiger partial charge in [-0.2, -0.15) is 0 Å². The minimum atomic E-state index is -0.245. The Labute approximate surface area is 137 Å². The molecule has 0 unspecified atom stereocenters. The lowest BCUT2D eigenvalue weighted by Crippen LogP contribution is -2.50. The molecule has 0 aromatic heterocycles. The topological polar surface area (TPSA) is 20.3 Å². The molecule has 2 atom stereocenters. The molecule has 22 heavy (non-hydrogen) atoms. The second-order valence-electron chi connectivity index (χ2n) is 10.8. The molecule has 2 nitrogen and oxygen atoms in total. The molecular formula is C20H35NO. The van der Waals surface area contributed by atoms with E-state index in [1.807, 2.05) is 0 Å². The Morgan fingerprint density at radius 2 is 1.55 bits per heavy atom. The molecule has 0 N–H and O–H groups in total. The van der Waals surface area contributed by atoms with Crippen molar-refractivity contribution in [3.63, 3.8) is 0 Å². The lowest BCUT2D eigenvalue weighted by Gasteiger charge is -2.38. The van der Waals surface area contributed by atoms with Gasteiger partial charge in [-0.25, -0.2) is 0 Å². The maximum Gasteiger partial charge on any atom is 0.155 e. The second-order valence-corrected chi connectivity index (χ2v) is 10.8. The van der Waals surface area contributed by atoms with Crippen LogP contribution in [-0.4, -0.2) is 28.8 Å². The molecule has 3 fully saturated rings. The lowest BCUT2D eigenvalue weighted by atomic mass is 9.72. The quantitative estimate of drug-likeness (QED) is 0.701. The molecule has 3 rings (SSSR count). The first kappa shape index (κ1) is 16.5. The van der Waals surface area contributed by atoms with Crippen LogP contribution in [0.5, 0.6) is 0 Å². The molecular weight excluding hydrogens is 270 g/mol. The largest absolute Gasteiger partial charge is 0.297 e. The average Bonchev–Trinajstić information content (AvgIpc) is 2.58. The summed E-state index contributed by atoms with van der Waals surface area (Å²) in [5, 5.41) is 0. The highest BCUT2D eigenvalue weighted by Crippen LogP contribution is 2.88. The normalized spacial score (nSPS) is 36.6. The van der Waals surface area contributed by atoms with Gasteiger partial charge in [0.05, 0.1) is 6.04 Å². The molecule has 1 aliphatic heterocycles. The van der Waals surface area contributed by atoms with E-state index in [4.69, 9.17) is 0 Å². The van der Waals surface area contributed by atoms with Gasteiger partial charge in [0.2, 0.25) is 0 Å². The summed E-state index contributed by atoms with van der Waals surface area (Å²) >= 11 is 0. The zero-order chi connectivity index (χ0) is 16.8. The van der Waals surface area contributed by atoms with Crippen molar-refractivity contribution >= 4 is 5.78 Å². The number of carbonyl (C=O) groups is 1. The second kappa shape index (κ2) is 4.18. The van der Waals surface area contributed by atoms with Gasteiger partial charge in [-0.1, -0.05) is 41.0 Å². The van der Waals surface area contributed by atoms with Crippen molar-refractivity contribution in [3.05, 3.63) is 0 Å². The van der Waals surface area contributed by atoms with E-state index in [0.717, 1.165) is 13.0 Å². The van der Waals surface area contributed by atoms with Crippen molar-refractivity contribution in [2.75, 3.05) is 6.54 Å². The first-order chi connectivity index (χ1) is 9.80. The molecule has 126 valence electrons. The summed E-state index contributed by atoms with van der Waals surface area (Å²) in [5.41, 5.74) is 1.16. The predicted octanol–water partition coefficient (Wildman–Crippen LogP) is 4.67. The first-order valence-electron chi connectivity index (χ1n) is 9.11.